The molecule has 5 atom stereocenters. The fraction of sp³-hybridized carbons (Fsp3) is 0.867. The van der Waals surface area contributed by atoms with Crippen LogP contribution in [-0.4, -0.2) is 47.2 Å². The van der Waals surface area contributed by atoms with E-state index in [0.717, 1.165) is 6.42 Å². The van der Waals surface area contributed by atoms with Crippen molar-refractivity contribution >= 4 is 11.9 Å². The predicted molar refractivity (Wildman–Crippen MR) is 74.2 cm³/mol. The van der Waals surface area contributed by atoms with Crippen molar-refractivity contribution in [1.82, 2.24) is 4.90 Å². The van der Waals surface area contributed by atoms with Crippen LogP contribution in [0.1, 0.15) is 40.0 Å². The number of amides is 1. The minimum absolute atomic E-state index is 0.00958. The molecule has 114 valence electrons. The number of hydrogen-bond acceptors (Lipinski definition) is 3. The van der Waals surface area contributed by atoms with Crippen molar-refractivity contribution < 1.29 is 19.4 Å². The highest BCUT2D eigenvalue weighted by molar-refractivity contribution is 5.85. The molecule has 1 aliphatic carbocycles. The third kappa shape index (κ3) is 3.14. The number of hydrogen-bond donors (Lipinski definition) is 1. The molecular formula is C15H25NO4. The molecule has 0 aromatic rings. The molecule has 20 heavy (non-hydrogen) atoms. The quantitative estimate of drug-likeness (QED) is 0.857. The van der Waals surface area contributed by atoms with Gasteiger partial charge in [-0.15, -0.1) is 0 Å². The van der Waals surface area contributed by atoms with Crippen LogP contribution in [0.3, 0.4) is 0 Å². The summed E-state index contributed by atoms with van der Waals surface area (Å²) in [5, 5.41) is 9.35. The van der Waals surface area contributed by atoms with Crippen LogP contribution in [0.15, 0.2) is 0 Å². The first-order chi connectivity index (χ1) is 9.42. The van der Waals surface area contributed by atoms with E-state index in [1.54, 1.807) is 4.90 Å². The average molecular weight is 283 g/mol. The van der Waals surface area contributed by atoms with Crippen LogP contribution < -0.4 is 0 Å². The lowest BCUT2D eigenvalue weighted by molar-refractivity contribution is -0.154. The zero-order valence-electron chi connectivity index (χ0n) is 12.5. The van der Waals surface area contributed by atoms with Crippen molar-refractivity contribution in [3.05, 3.63) is 0 Å². The highest BCUT2D eigenvalue weighted by atomic mass is 16.5. The van der Waals surface area contributed by atoms with Crippen LogP contribution >= 0.6 is 0 Å². The van der Waals surface area contributed by atoms with Gasteiger partial charge in [-0.25, -0.2) is 0 Å². The lowest BCUT2D eigenvalue weighted by Crippen LogP contribution is -2.50. The molecule has 0 radical (unpaired) electrons. The van der Waals surface area contributed by atoms with Crippen LogP contribution in [0.2, 0.25) is 0 Å². The zero-order chi connectivity index (χ0) is 14.9. The SMILES string of the molecule is CCC1CC(C(=O)O)C(C(=O)N2C[C@@H](C)O[C@@H](C)C2)C1. The molecule has 2 rings (SSSR count). The minimum Gasteiger partial charge on any atom is -0.481 e. The van der Waals surface area contributed by atoms with Crippen molar-refractivity contribution in [2.24, 2.45) is 17.8 Å². The van der Waals surface area contributed by atoms with E-state index in [2.05, 4.69) is 6.92 Å². The molecule has 1 saturated carbocycles. The van der Waals surface area contributed by atoms with E-state index in [4.69, 9.17) is 4.74 Å². The molecule has 0 bridgehead atoms. The average Bonchev–Trinajstić information content (AvgIpc) is 2.81. The van der Waals surface area contributed by atoms with Crippen molar-refractivity contribution in [3.8, 4) is 0 Å². The summed E-state index contributed by atoms with van der Waals surface area (Å²) in [5.74, 6) is -1.32. The van der Waals surface area contributed by atoms with Gasteiger partial charge in [-0.2, -0.15) is 0 Å². The van der Waals surface area contributed by atoms with E-state index >= 15 is 0 Å². The lowest BCUT2D eigenvalue weighted by Gasteiger charge is -2.37. The number of ether oxygens (including phenoxy) is 1. The van der Waals surface area contributed by atoms with Gasteiger partial charge in [-0.05, 0) is 32.6 Å². The van der Waals surface area contributed by atoms with Gasteiger partial charge < -0.3 is 14.7 Å². The summed E-state index contributed by atoms with van der Waals surface area (Å²) in [6.07, 6.45) is 2.34. The number of carboxylic acids is 1. The van der Waals surface area contributed by atoms with Crippen LogP contribution in [-0.2, 0) is 14.3 Å². The minimum atomic E-state index is -0.825. The summed E-state index contributed by atoms with van der Waals surface area (Å²) in [6.45, 7) is 7.11. The second-order valence-electron chi connectivity index (χ2n) is 6.30. The Hall–Kier alpha value is -1.10. The van der Waals surface area contributed by atoms with Gasteiger partial charge in [0.25, 0.3) is 0 Å². The summed E-state index contributed by atoms with van der Waals surface area (Å²) in [4.78, 5) is 25.9. The number of carbonyl (C=O) groups is 2. The number of aliphatic carboxylic acids is 1. The smallest absolute Gasteiger partial charge is 0.307 e. The monoisotopic (exact) mass is 283 g/mol. The Morgan fingerprint density at radius 2 is 1.70 bits per heavy atom. The van der Waals surface area contributed by atoms with Crippen LogP contribution in [0, 0.1) is 17.8 Å². The number of carbonyl (C=O) groups excluding carboxylic acids is 1. The maximum absolute atomic E-state index is 12.7. The summed E-state index contributed by atoms with van der Waals surface area (Å²) < 4.78 is 5.64. The molecule has 1 N–H and O–H groups in total. The van der Waals surface area contributed by atoms with E-state index < -0.39 is 11.9 Å². The summed E-state index contributed by atoms with van der Waals surface area (Å²) in [6, 6.07) is 0. The third-order valence-electron chi connectivity index (χ3n) is 4.60. The Labute approximate surface area is 120 Å². The molecule has 5 nitrogen and oxygen atoms in total. The number of morpholine rings is 1. The maximum Gasteiger partial charge on any atom is 0.307 e. The summed E-state index contributed by atoms with van der Waals surface area (Å²) >= 11 is 0. The molecule has 1 heterocycles. The van der Waals surface area contributed by atoms with E-state index in [0.29, 0.717) is 31.8 Å². The van der Waals surface area contributed by atoms with Gasteiger partial charge >= 0.3 is 5.97 Å². The lowest BCUT2D eigenvalue weighted by atomic mass is 9.94. The van der Waals surface area contributed by atoms with Crippen LogP contribution in [0.4, 0.5) is 0 Å². The molecule has 0 spiro atoms. The Kier molecular flexibility index (Phi) is 4.68. The maximum atomic E-state index is 12.7. The van der Waals surface area contributed by atoms with Crippen LogP contribution in [0.25, 0.3) is 0 Å². The fourth-order valence-corrected chi connectivity index (χ4v) is 3.61. The van der Waals surface area contributed by atoms with Crippen LogP contribution in [0.5, 0.6) is 0 Å². The van der Waals surface area contributed by atoms with Gasteiger partial charge in [0.2, 0.25) is 5.91 Å². The first-order valence-electron chi connectivity index (χ1n) is 7.59. The molecule has 3 unspecified atom stereocenters. The van der Waals surface area contributed by atoms with Gasteiger partial charge in [0, 0.05) is 13.1 Å². The first kappa shape index (κ1) is 15.3. The standard InChI is InChI=1S/C15H25NO4/c1-4-11-5-12(13(6-11)15(18)19)14(17)16-7-9(2)20-10(3)8-16/h9-13H,4-8H2,1-3H3,(H,18,19)/t9-,10+,11?,12?,13?. The molecule has 2 fully saturated rings. The molecule has 5 heteroatoms. The Balaban J connectivity index is 2.08. The van der Waals surface area contributed by atoms with Gasteiger partial charge in [-0.1, -0.05) is 13.3 Å². The highest BCUT2D eigenvalue weighted by Gasteiger charge is 2.44. The molecular weight excluding hydrogens is 258 g/mol. The third-order valence-corrected chi connectivity index (χ3v) is 4.60. The Bertz CT molecular complexity index is 374. The summed E-state index contributed by atoms with van der Waals surface area (Å²) in [5.41, 5.74) is 0. The molecule has 1 saturated heterocycles. The second-order valence-corrected chi connectivity index (χ2v) is 6.30. The van der Waals surface area contributed by atoms with Crippen molar-refractivity contribution in [2.45, 2.75) is 52.2 Å². The van der Waals surface area contributed by atoms with Crippen molar-refractivity contribution in [3.63, 3.8) is 0 Å². The molecule has 0 aromatic carbocycles. The van der Waals surface area contributed by atoms with Gasteiger partial charge in [0.1, 0.15) is 0 Å². The van der Waals surface area contributed by atoms with Gasteiger partial charge in [0.15, 0.2) is 0 Å². The topological polar surface area (TPSA) is 66.8 Å². The number of rotatable bonds is 3. The summed E-state index contributed by atoms with van der Waals surface area (Å²) in [7, 11) is 0. The van der Waals surface area contributed by atoms with Crippen molar-refractivity contribution in [2.75, 3.05) is 13.1 Å². The van der Waals surface area contributed by atoms with E-state index in [1.807, 2.05) is 13.8 Å². The van der Waals surface area contributed by atoms with Gasteiger partial charge in [0.05, 0.1) is 24.0 Å². The zero-order valence-corrected chi connectivity index (χ0v) is 12.5. The second kappa shape index (κ2) is 6.12. The Morgan fingerprint density at radius 3 is 2.20 bits per heavy atom. The molecule has 2 aliphatic rings. The number of carboxylic acid groups (broad SMARTS) is 1. The van der Waals surface area contributed by atoms with E-state index in [9.17, 15) is 14.7 Å². The highest BCUT2D eigenvalue weighted by Crippen LogP contribution is 2.39. The molecule has 0 aromatic heterocycles. The van der Waals surface area contributed by atoms with E-state index in [-0.39, 0.29) is 24.0 Å². The molecule has 1 aliphatic heterocycles. The molecule has 1 amide bonds. The normalized spacial score (nSPS) is 38.0. The fourth-order valence-electron chi connectivity index (χ4n) is 3.61. The Morgan fingerprint density at radius 1 is 1.15 bits per heavy atom. The van der Waals surface area contributed by atoms with Crippen molar-refractivity contribution in [1.29, 1.82) is 0 Å². The largest absolute Gasteiger partial charge is 0.481 e. The van der Waals surface area contributed by atoms with Gasteiger partial charge in [-0.3, -0.25) is 9.59 Å². The predicted octanol–water partition coefficient (Wildman–Crippen LogP) is 1.76. The number of nitrogens with zero attached hydrogens (tertiary/aromatic N) is 1. The van der Waals surface area contributed by atoms with E-state index in [1.165, 1.54) is 0 Å². The first-order valence-corrected chi connectivity index (χ1v) is 7.59.